The SMILES string of the molecule is O=S(=O)(O)CCS(=O)(=O)Nc1cc(Cl)[c]cc1Cl. The molecule has 0 aliphatic rings. The number of sulfonamides is 1. The minimum absolute atomic E-state index is 0.00996. The van der Waals surface area contributed by atoms with Crippen molar-refractivity contribution in [1.29, 1.82) is 0 Å². The highest BCUT2D eigenvalue weighted by atomic mass is 35.5. The number of nitrogens with one attached hydrogen (secondary N) is 1. The van der Waals surface area contributed by atoms with Crippen molar-refractivity contribution < 1.29 is 21.4 Å². The van der Waals surface area contributed by atoms with Gasteiger partial charge in [0.15, 0.2) is 0 Å². The molecule has 10 heteroatoms. The smallest absolute Gasteiger partial charge is 0.265 e. The highest BCUT2D eigenvalue weighted by molar-refractivity contribution is 7.94. The van der Waals surface area contributed by atoms with E-state index in [9.17, 15) is 16.8 Å². The molecule has 0 amide bonds. The van der Waals surface area contributed by atoms with E-state index in [-0.39, 0.29) is 15.7 Å². The van der Waals surface area contributed by atoms with E-state index >= 15 is 0 Å². The maximum atomic E-state index is 11.5. The molecule has 1 aromatic rings. The van der Waals surface area contributed by atoms with Gasteiger partial charge in [-0.1, -0.05) is 23.2 Å². The third-order valence-corrected chi connectivity index (χ3v) is 4.52. The highest BCUT2D eigenvalue weighted by Crippen LogP contribution is 2.25. The van der Waals surface area contributed by atoms with Gasteiger partial charge in [0.2, 0.25) is 10.0 Å². The molecule has 0 atom stereocenters. The Morgan fingerprint density at radius 3 is 2.39 bits per heavy atom. The Balaban J connectivity index is 2.86. The molecule has 6 nitrogen and oxygen atoms in total. The van der Waals surface area contributed by atoms with Crippen molar-refractivity contribution in [3.63, 3.8) is 0 Å². The minimum Gasteiger partial charge on any atom is -0.286 e. The van der Waals surface area contributed by atoms with Crippen LogP contribution in [-0.4, -0.2) is 32.9 Å². The molecular formula is C8H8Cl2NO5S2. The predicted molar refractivity (Wildman–Crippen MR) is 69.1 cm³/mol. The van der Waals surface area contributed by atoms with E-state index in [1.54, 1.807) is 0 Å². The molecule has 0 fully saturated rings. The van der Waals surface area contributed by atoms with Gasteiger partial charge in [-0.25, -0.2) is 8.42 Å². The predicted octanol–water partition coefficient (Wildman–Crippen LogP) is 1.42. The summed E-state index contributed by atoms with van der Waals surface area (Å²) in [7, 11) is -8.31. The molecule has 0 bridgehead atoms. The molecular weight excluding hydrogens is 325 g/mol. The summed E-state index contributed by atoms with van der Waals surface area (Å²) in [6.07, 6.45) is 0. The second-order valence-corrected chi connectivity index (χ2v) is 7.48. The van der Waals surface area contributed by atoms with Crippen LogP contribution in [0.25, 0.3) is 0 Å². The quantitative estimate of drug-likeness (QED) is 0.794. The summed E-state index contributed by atoms with van der Waals surface area (Å²) in [5.41, 5.74) is 0.00996. The normalized spacial score (nSPS) is 12.4. The molecule has 0 spiro atoms. The van der Waals surface area contributed by atoms with Crippen molar-refractivity contribution in [2.75, 3.05) is 16.2 Å². The van der Waals surface area contributed by atoms with E-state index in [1.165, 1.54) is 12.1 Å². The fraction of sp³-hybridized carbons (Fsp3) is 0.250. The number of rotatable bonds is 5. The number of anilines is 1. The first-order valence-electron chi connectivity index (χ1n) is 4.41. The van der Waals surface area contributed by atoms with Crippen LogP contribution >= 0.6 is 23.2 Å². The van der Waals surface area contributed by atoms with Crippen LogP contribution in [0.1, 0.15) is 0 Å². The Morgan fingerprint density at radius 2 is 1.83 bits per heavy atom. The molecule has 0 aromatic heterocycles. The van der Waals surface area contributed by atoms with Crippen molar-refractivity contribution >= 4 is 49.0 Å². The van der Waals surface area contributed by atoms with Gasteiger partial charge in [0.25, 0.3) is 10.1 Å². The number of hydrogen-bond donors (Lipinski definition) is 2. The molecule has 0 unspecified atom stereocenters. The lowest BCUT2D eigenvalue weighted by atomic mass is 10.3. The van der Waals surface area contributed by atoms with E-state index in [0.29, 0.717) is 0 Å². The number of halogens is 2. The van der Waals surface area contributed by atoms with Crippen LogP contribution in [-0.2, 0) is 20.1 Å². The van der Waals surface area contributed by atoms with Gasteiger partial charge in [-0.05, 0) is 12.1 Å². The Bertz CT molecular complexity index is 641. The second kappa shape index (κ2) is 5.62. The summed E-state index contributed by atoms with van der Waals surface area (Å²) in [6, 6.07) is 5.04. The lowest BCUT2D eigenvalue weighted by molar-refractivity contribution is 0.484. The van der Waals surface area contributed by atoms with Gasteiger partial charge in [-0.2, -0.15) is 8.42 Å². The van der Waals surface area contributed by atoms with Crippen molar-refractivity contribution in [3.8, 4) is 0 Å². The molecule has 1 radical (unpaired) electrons. The van der Waals surface area contributed by atoms with Gasteiger partial charge in [-0.15, -0.1) is 0 Å². The molecule has 18 heavy (non-hydrogen) atoms. The highest BCUT2D eigenvalue weighted by Gasteiger charge is 2.17. The van der Waals surface area contributed by atoms with Crippen molar-refractivity contribution in [1.82, 2.24) is 0 Å². The molecule has 0 saturated carbocycles. The maximum Gasteiger partial charge on any atom is 0.265 e. The van der Waals surface area contributed by atoms with Crippen LogP contribution in [0.15, 0.2) is 12.1 Å². The average Bonchev–Trinajstić information content (AvgIpc) is 2.20. The van der Waals surface area contributed by atoms with Crippen molar-refractivity contribution in [2.24, 2.45) is 0 Å². The lowest BCUT2D eigenvalue weighted by Gasteiger charge is -2.09. The first kappa shape index (κ1) is 15.5. The Kier molecular flexibility index (Phi) is 4.84. The van der Waals surface area contributed by atoms with Gasteiger partial charge in [0.05, 0.1) is 27.2 Å². The zero-order chi connectivity index (χ0) is 14.0. The first-order valence-corrected chi connectivity index (χ1v) is 8.43. The average molecular weight is 333 g/mol. The third-order valence-electron chi connectivity index (χ3n) is 1.74. The zero-order valence-corrected chi connectivity index (χ0v) is 11.9. The van der Waals surface area contributed by atoms with E-state index in [2.05, 4.69) is 10.8 Å². The molecule has 2 N–H and O–H groups in total. The van der Waals surface area contributed by atoms with Gasteiger partial charge in [0.1, 0.15) is 0 Å². The van der Waals surface area contributed by atoms with Gasteiger partial charge < -0.3 is 0 Å². The first-order chi connectivity index (χ1) is 8.09. The summed E-state index contributed by atoms with van der Waals surface area (Å²) in [5.74, 6) is -1.70. The molecule has 0 aliphatic heterocycles. The van der Waals surface area contributed by atoms with Crippen LogP contribution in [0.5, 0.6) is 0 Å². The Labute approximate surface area is 115 Å². The summed E-state index contributed by atoms with van der Waals surface area (Å²) >= 11 is 11.3. The van der Waals surface area contributed by atoms with Gasteiger partial charge >= 0.3 is 0 Å². The van der Waals surface area contributed by atoms with Crippen LogP contribution in [0.4, 0.5) is 5.69 Å². The third kappa shape index (κ3) is 5.40. The van der Waals surface area contributed by atoms with E-state index in [4.69, 9.17) is 27.8 Å². The van der Waals surface area contributed by atoms with Crippen molar-refractivity contribution in [3.05, 3.63) is 28.2 Å². The number of benzene rings is 1. The molecule has 0 aliphatic carbocycles. The topological polar surface area (TPSA) is 101 Å². The molecule has 1 rings (SSSR count). The summed E-state index contributed by atoms with van der Waals surface area (Å²) in [6.45, 7) is 0. The van der Waals surface area contributed by atoms with Gasteiger partial charge in [0, 0.05) is 6.07 Å². The molecule has 1 aromatic carbocycles. The molecule has 0 heterocycles. The van der Waals surface area contributed by atoms with Crippen LogP contribution in [0, 0.1) is 6.07 Å². The zero-order valence-electron chi connectivity index (χ0n) is 8.72. The monoisotopic (exact) mass is 332 g/mol. The molecule has 0 saturated heterocycles. The Hall–Kier alpha value is -0.540. The fourth-order valence-corrected chi connectivity index (χ4v) is 3.66. The van der Waals surface area contributed by atoms with E-state index in [1.807, 2.05) is 0 Å². The Morgan fingerprint density at radius 1 is 1.22 bits per heavy atom. The lowest BCUT2D eigenvalue weighted by Crippen LogP contribution is -2.22. The summed E-state index contributed by atoms with van der Waals surface area (Å²) in [4.78, 5) is 0. The van der Waals surface area contributed by atoms with E-state index < -0.39 is 31.6 Å². The number of hydrogen-bond acceptors (Lipinski definition) is 4. The molecule has 101 valence electrons. The van der Waals surface area contributed by atoms with Crippen LogP contribution in [0.2, 0.25) is 10.0 Å². The van der Waals surface area contributed by atoms with Crippen LogP contribution < -0.4 is 4.72 Å². The summed E-state index contributed by atoms with van der Waals surface area (Å²) in [5, 5.41) is 0.210. The van der Waals surface area contributed by atoms with Gasteiger partial charge in [-0.3, -0.25) is 9.27 Å². The fourth-order valence-electron chi connectivity index (χ4n) is 0.959. The standard InChI is InChI=1S/C8H8Cl2NO5S2/c9-6-1-2-7(10)8(5-6)11-17(12,13)3-4-18(14,15)16/h2,5,11H,3-4H2,(H,14,15,16). The van der Waals surface area contributed by atoms with Crippen molar-refractivity contribution in [2.45, 2.75) is 0 Å². The van der Waals surface area contributed by atoms with Crippen LogP contribution in [0.3, 0.4) is 0 Å². The second-order valence-electron chi connectivity index (χ2n) is 3.25. The summed E-state index contributed by atoms with van der Waals surface area (Å²) < 4.78 is 54.5. The minimum atomic E-state index is -4.35. The largest absolute Gasteiger partial charge is 0.286 e. The maximum absolute atomic E-state index is 11.5. The van der Waals surface area contributed by atoms with E-state index in [0.717, 1.165) is 0 Å².